The van der Waals surface area contributed by atoms with Crippen LogP contribution >= 0.6 is 0 Å². The van der Waals surface area contributed by atoms with Crippen molar-refractivity contribution in [2.24, 2.45) is 5.73 Å². The minimum absolute atomic E-state index is 0.238. The molecule has 0 spiro atoms. The van der Waals surface area contributed by atoms with Crippen LogP contribution in [0.25, 0.3) is 0 Å². The van der Waals surface area contributed by atoms with Crippen LogP contribution in [0, 0.1) is 0 Å². The summed E-state index contributed by atoms with van der Waals surface area (Å²) in [6.07, 6.45) is 0.890. The van der Waals surface area contributed by atoms with Gasteiger partial charge < -0.3 is 10.5 Å². The maximum atomic E-state index is 6.28. The highest BCUT2D eigenvalue weighted by Gasteiger charge is 2.30. The third-order valence-corrected chi connectivity index (χ3v) is 3.15. The second-order valence-corrected chi connectivity index (χ2v) is 4.89. The molecule has 0 bridgehead atoms. The van der Waals surface area contributed by atoms with Crippen LogP contribution in [-0.2, 0) is 5.54 Å². The first-order valence-electron chi connectivity index (χ1n) is 5.57. The van der Waals surface area contributed by atoms with E-state index in [0.29, 0.717) is 5.92 Å². The minimum atomic E-state index is -0.238. The summed E-state index contributed by atoms with van der Waals surface area (Å²) in [7, 11) is 0. The van der Waals surface area contributed by atoms with Crippen molar-refractivity contribution in [2.45, 2.75) is 38.6 Å². The van der Waals surface area contributed by atoms with E-state index in [1.807, 2.05) is 0 Å². The molecule has 2 heteroatoms. The highest BCUT2D eigenvalue weighted by molar-refractivity contribution is 5.47. The van der Waals surface area contributed by atoms with Crippen molar-refractivity contribution in [1.29, 1.82) is 0 Å². The van der Waals surface area contributed by atoms with E-state index in [1.54, 1.807) is 0 Å². The first kappa shape index (κ1) is 10.5. The van der Waals surface area contributed by atoms with Crippen LogP contribution in [0.2, 0.25) is 0 Å². The van der Waals surface area contributed by atoms with Crippen LogP contribution in [0.4, 0.5) is 0 Å². The van der Waals surface area contributed by atoms with Crippen LogP contribution < -0.4 is 10.5 Å². The fourth-order valence-corrected chi connectivity index (χ4v) is 2.12. The van der Waals surface area contributed by atoms with E-state index in [1.165, 1.54) is 5.56 Å². The number of nitrogens with two attached hydrogens (primary N) is 1. The normalized spacial score (nSPS) is 24.9. The van der Waals surface area contributed by atoms with Gasteiger partial charge in [-0.25, -0.2) is 0 Å². The molecule has 0 saturated heterocycles. The average Bonchev–Trinajstić information content (AvgIpc) is 2.16. The lowest BCUT2D eigenvalue weighted by Crippen LogP contribution is -2.38. The second-order valence-electron chi connectivity index (χ2n) is 4.89. The van der Waals surface area contributed by atoms with Crippen molar-refractivity contribution in [3.63, 3.8) is 0 Å². The molecule has 2 nitrogen and oxygen atoms in total. The summed E-state index contributed by atoms with van der Waals surface area (Å²) in [5.74, 6) is 1.50. The molecule has 2 rings (SSSR count). The molecular weight excluding hydrogens is 186 g/mol. The highest BCUT2D eigenvalue weighted by atomic mass is 16.5. The second kappa shape index (κ2) is 3.53. The van der Waals surface area contributed by atoms with Crippen molar-refractivity contribution >= 4 is 0 Å². The Morgan fingerprint density at radius 3 is 2.80 bits per heavy atom. The van der Waals surface area contributed by atoms with Gasteiger partial charge in [0.2, 0.25) is 0 Å². The number of benzene rings is 1. The third-order valence-electron chi connectivity index (χ3n) is 3.15. The zero-order valence-electron chi connectivity index (χ0n) is 9.71. The van der Waals surface area contributed by atoms with Crippen LogP contribution in [0.1, 0.15) is 44.2 Å². The largest absolute Gasteiger partial charge is 0.493 e. The predicted molar refractivity (Wildman–Crippen MR) is 62.2 cm³/mol. The number of hydrogen-bond donors (Lipinski definition) is 1. The van der Waals surface area contributed by atoms with Crippen molar-refractivity contribution < 1.29 is 4.74 Å². The molecule has 1 unspecified atom stereocenters. The lowest BCUT2D eigenvalue weighted by molar-refractivity contribution is 0.224. The molecule has 1 aromatic carbocycles. The Kier molecular flexibility index (Phi) is 2.47. The van der Waals surface area contributed by atoms with E-state index < -0.39 is 0 Å². The van der Waals surface area contributed by atoms with Gasteiger partial charge in [-0.2, -0.15) is 0 Å². The molecule has 0 fully saturated rings. The smallest absolute Gasteiger partial charge is 0.127 e. The summed E-state index contributed by atoms with van der Waals surface area (Å²) in [6.45, 7) is 7.17. The standard InChI is InChI=1S/C13H19NO/c1-9(2)10-5-4-6-11-12(10)15-8-7-13(11,3)14/h4-6,9H,7-8,14H2,1-3H3. The van der Waals surface area contributed by atoms with Crippen LogP contribution in [0.3, 0.4) is 0 Å². The summed E-state index contributed by atoms with van der Waals surface area (Å²) < 4.78 is 5.77. The van der Waals surface area contributed by atoms with Gasteiger partial charge in [0.25, 0.3) is 0 Å². The lowest BCUT2D eigenvalue weighted by atomic mass is 9.84. The van der Waals surface area contributed by atoms with Crippen molar-refractivity contribution in [2.75, 3.05) is 6.61 Å². The van der Waals surface area contributed by atoms with Gasteiger partial charge in [0.15, 0.2) is 0 Å². The molecule has 0 radical (unpaired) electrons. The molecule has 1 aromatic rings. The molecule has 0 aliphatic carbocycles. The molecule has 1 aliphatic heterocycles. The number of para-hydroxylation sites is 1. The van der Waals surface area contributed by atoms with Gasteiger partial charge in [0, 0.05) is 17.5 Å². The molecule has 0 saturated carbocycles. The summed E-state index contributed by atoms with van der Waals surface area (Å²) in [5.41, 5.74) is 8.46. The molecular formula is C13H19NO. The molecule has 2 N–H and O–H groups in total. The van der Waals surface area contributed by atoms with E-state index >= 15 is 0 Å². The molecule has 82 valence electrons. The van der Waals surface area contributed by atoms with E-state index in [4.69, 9.17) is 10.5 Å². The third kappa shape index (κ3) is 1.74. The predicted octanol–water partition coefficient (Wildman–Crippen LogP) is 2.77. The zero-order chi connectivity index (χ0) is 11.1. The van der Waals surface area contributed by atoms with Crippen molar-refractivity contribution in [3.8, 4) is 5.75 Å². The Bertz CT molecular complexity index is 369. The lowest BCUT2D eigenvalue weighted by Gasteiger charge is -2.34. The van der Waals surface area contributed by atoms with E-state index in [9.17, 15) is 0 Å². The average molecular weight is 205 g/mol. The van der Waals surface area contributed by atoms with Crippen LogP contribution in [0.5, 0.6) is 5.75 Å². The number of ether oxygens (including phenoxy) is 1. The van der Waals surface area contributed by atoms with Crippen molar-refractivity contribution in [1.82, 2.24) is 0 Å². The molecule has 1 aliphatic rings. The molecule has 1 atom stereocenters. The molecule has 0 amide bonds. The van der Waals surface area contributed by atoms with Gasteiger partial charge in [0.1, 0.15) is 5.75 Å². The van der Waals surface area contributed by atoms with Gasteiger partial charge in [-0.05, 0) is 18.4 Å². The topological polar surface area (TPSA) is 35.2 Å². The minimum Gasteiger partial charge on any atom is -0.493 e. The molecule has 15 heavy (non-hydrogen) atoms. The van der Waals surface area contributed by atoms with Gasteiger partial charge in [0.05, 0.1) is 6.61 Å². The summed E-state index contributed by atoms with van der Waals surface area (Å²) in [4.78, 5) is 0. The van der Waals surface area contributed by atoms with E-state index in [2.05, 4.69) is 39.0 Å². The maximum Gasteiger partial charge on any atom is 0.127 e. The monoisotopic (exact) mass is 205 g/mol. The Morgan fingerprint density at radius 2 is 2.13 bits per heavy atom. The number of rotatable bonds is 1. The Hall–Kier alpha value is -1.02. The fourth-order valence-electron chi connectivity index (χ4n) is 2.12. The maximum absolute atomic E-state index is 6.28. The van der Waals surface area contributed by atoms with E-state index in [-0.39, 0.29) is 5.54 Å². The number of hydrogen-bond acceptors (Lipinski definition) is 2. The van der Waals surface area contributed by atoms with Gasteiger partial charge in [-0.1, -0.05) is 32.0 Å². The van der Waals surface area contributed by atoms with Crippen molar-refractivity contribution in [3.05, 3.63) is 29.3 Å². The molecule has 1 heterocycles. The Balaban J connectivity index is 2.56. The summed E-state index contributed by atoms with van der Waals surface area (Å²) >= 11 is 0. The quantitative estimate of drug-likeness (QED) is 0.765. The summed E-state index contributed by atoms with van der Waals surface area (Å²) in [6, 6.07) is 6.29. The van der Waals surface area contributed by atoms with Crippen LogP contribution in [0.15, 0.2) is 18.2 Å². The van der Waals surface area contributed by atoms with Crippen LogP contribution in [-0.4, -0.2) is 6.61 Å². The number of fused-ring (bicyclic) bond motifs is 1. The Labute approximate surface area is 91.4 Å². The van der Waals surface area contributed by atoms with E-state index in [0.717, 1.165) is 24.3 Å². The van der Waals surface area contributed by atoms with Gasteiger partial charge >= 0.3 is 0 Å². The zero-order valence-corrected chi connectivity index (χ0v) is 9.71. The van der Waals surface area contributed by atoms with Gasteiger partial charge in [-0.15, -0.1) is 0 Å². The first-order valence-corrected chi connectivity index (χ1v) is 5.57. The fraction of sp³-hybridized carbons (Fsp3) is 0.538. The summed E-state index contributed by atoms with van der Waals surface area (Å²) in [5, 5.41) is 0. The SMILES string of the molecule is CC(C)c1cccc2c1OCCC2(C)N. The first-order chi connectivity index (χ1) is 7.02. The molecule has 0 aromatic heterocycles. The van der Waals surface area contributed by atoms with Gasteiger partial charge in [-0.3, -0.25) is 0 Å². The Morgan fingerprint density at radius 1 is 1.40 bits per heavy atom. The highest BCUT2D eigenvalue weighted by Crippen LogP contribution is 2.39.